The highest BCUT2D eigenvalue weighted by Gasteiger charge is 2.32. The van der Waals surface area contributed by atoms with E-state index in [1.54, 1.807) is 29.2 Å². The van der Waals surface area contributed by atoms with Crippen molar-refractivity contribution in [1.82, 2.24) is 10.2 Å². The maximum atomic E-state index is 12.5. The number of anilines is 1. The van der Waals surface area contributed by atoms with Crippen molar-refractivity contribution in [1.29, 1.82) is 0 Å². The SMILES string of the molecule is CNC(=O)CS(=O)(=O)C1CCN(C(=O)Cc2ccc(NC(C)=O)cc2)CC1. The van der Waals surface area contributed by atoms with Crippen molar-refractivity contribution < 1.29 is 22.8 Å². The summed E-state index contributed by atoms with van der Waals surface area (Å²) < 4.78 is 24.5. The van der Waals surface area contributed by atoms with Crippen molar-refractivity contribution in [2.24, 2.45) is 0 Å². The molecule has 0 spiro atoms. The zero-order chi connectivity index (χ0) is 20.0. The molecule has 1 aliphatic heterocycles. The second kappa shape index (κ2) is 8.98. The average molecular weight is 395 g/mol. The molecule has 8 nitrogen and oxygen atoms in total. The largest absolute Gasteiger partial charge is 0.358 e. The number of piperidine rings is 1. The number of carbonyl (C=O) groups excluding carboxylic acids is 3. The number of likely N-dealkylation sites (tertiary alicyclic amines) is 1. The molecular formula is C18H25N3O5S. The van der Waals surface area contributed by atoms with Crippen molar-refractivity contribution in [2.75, 3.05) is 31.2 Å². The third-order valence-corrected chi connectivity index (χ3v) is 6.70. The Labute approximate surface area is 159 Å². The van der Waals surface area contributed by atoms with E-state index >= 15 is 0 Å². The van der Waals surface area contributed by atoms with E-state index in [1.165, 1.54) is 14.0 Å². The van der Waals surface area contributed by atoms with Crippen LogP contribution in [0, 0.1) is 0 Å². The van der Waals surface area contributed by atoms with E-state index in [4.69, 9.17) is 0 Å². The fourth-order valence-electron chi connectivity index (χ4n) is 3.03. The molecule has 3 amide bonds. The molecule has 0 atom stereocenters. The van der Waals surface area contributed by atoms with Gasteiger partial charge in [-0.25, -0.2) is 8.42 Å². The first-order chi connectivity index (χ1) is 12.7. The summed E-state index contributed by atoms with van der Waals surface area (Å²) in [6.07, 6.45) is 0.898. The molecule has 0 aliphatic carbocycles. The highest BCUT2D eigenvalue weighted by atomic mass is 32.2. The molecule has 1 aromatic rings. The number of carbonyl (C=O) groups is 3. The van der Waals surface area contributed by atoms with E-state index < -0.39 is 26.7 Å². The Hall–Kier alpha value is -2.42. The Balaban J connectivity index is 1.87. The van der Waals surface area contributed by atoms with Crippen LogP contribution in [0.5, 0.6) is 0 Å². The summed E-state index contributed by atoms with van der Waals surface area (Å²) in [6, 6.07) is 7.04. The van der Waals surface area contributed by atoms with Crippen LogP contribution in [-0.4, -0.2) is 62.2 Å². The van der Waals surface area contributed by atoms with Gasteiger partial charge >= 0.3 is 0 Å². The molecule has 0 aromatic heterocycles. The standard InChI is InChI=1S/C18H25N3O5S/c1-13(22)20-15-5-3-14(4-6-15)11-18(24)21-9-7-16(8-10-21)27(25,26)12-17(23)19-2/h3-6,16H,7-12H2,1-2H3,(H,19,23)(H,20,22). The van der Waals surface area contributed by atoms with Crippen LogP contribution in [0.2, 0.25) is 0 Å². The van der Waals surface area contributed by atoms with E-state index in [0.717, 1.165) is 5.56 Å². The van der Waals surface area contributed by atoms with Crippen LogP contribution < -0.4 is 10.6 Å². The van der Waals surface area contributed by atoms with Crippen molar-refractivity contribution in [3.05, 3.63) is 29.8 Å². The summed E-state index contributed by atoms with van der Waals surface area (Å²) >= 11 is 0. The summed E-state index contributed by atoms with van der Waals surface area (Å²) in [5.74, 6) is -1.25. The minimum atomic E-state index is -3.50. The van der Waals surface area contributed by atoms with Crippen LogP contribution in [0.15, 0.2) is 24.3 Å². The van der Waals surface area contributed by atoms with E-state index in [0.29, 0.717) is 31.6 Å². The number of nitrogens with zero attached hydrogens (tertiary/aromatic N) is 1. The van der Waals surface area contributed by atoms with Gasteiger partial charge in [-0.2, -0.15) is 0 Å². The highest BCUT2D eigenvalue weighted by molar-refractivity contribution is 7.92. The molecule has 2 rings (SSSR count). The first-order valence-electron chi connectivity index (χ1n) is 8.77. The van der Waals surface area contributed by atoms with Crippen LogP contribution in [0.25, 0.3) is 0 Å². The minimum Gasteiger partial charge on any atom is -0.358 e. The minimum absolute atomic E-state index is 0.0653. The zero-order valence-corrected chi connectivity index (χ0v) is 16.3. The second-order valence-electron chi connectivity index (χ2n) is 6.62. The molecule has 27 heavy (non-hydrogen) atoms. The van der Waals surface area contributed by atoms with Crippen LogP contribution in [0.4, 0.5) is 5.69 Å². The molecule has 0 saturated carbocycles. The number of benzene rings is 1. The summed E-state index contributed by atoms with van der Waals surface area (Å²) in [4.78, 5) is 36.5. The van der Waals surface area contributed by atoms with Gasteiger partial charge in [-0.1, -0.05) is 12.1 Å². The van der Waals surface area contributed by atoms with Crippen molar-refractivity contribution in [2.45, 2.75) is 31.4 Å². The van der Waals surface area contributed by atoms with E-state index in [1.807, 2.05) is 0 Å². The Morgan fingerprint density at radius 3 is 2.22 bits per heavy atom. The number of hydrogen-bond acceptors (Lipinski definition) is 5. The number of sulfone groups is 1. The summed E-state index contributed by atoms with van der Waals surface area (Å²) in [6.45, 7) is 2.15. The van der Waals surface area contributed by atoms with Gasteiger partial charge in [-0.15, -0.1) is 0 Å². The first-order valence-corrected chi connectivity index (χ1v) is 10.5. The number of hydrogen-bond donors (Lipinski definition) is 2. The van der Waals surface area contributed by atoms with Crippen LogP contribution in [-0.2, 0) is 30.6 Å². The van der Waals surface area contributed by atoms with Gasteiger partial charge < -0.3 is 15.5 Å². The highest BCUT2D eigenvalue weighted by Crippen LogP contribution is 2.20. The normalized spacial score (nSPS) is 15.3. The number of nitrogens with one attached hydrogen (secondary N) is 2. The smallest absolute Gasteiger partial charge is 0.234 e. The van der Waals surface area contributed by atoms with Gasteiger partial charge in [0.05, 0.1) is 11.7 Å². The third kappa shape index (κ3) is 6.06. The lowest BCUT2D eigenvalue weighted by Crippen LogP contribution is -2.44. The Kier molecular flexibility index (Phi) is 6.95. The monoisotopic (exact) mass is 395 g/mol. The predicted molar refractivity (Wildman–Crippen MR) is 102 cm³/mol. The molecule has 2 N–H and O–H groups in total. The fourth-order valence-corrected chi connectivity index (χ4v) is 4.71. The van der Waals surface area contributed by atoms with E-state index in [9.17, 15) is 22.8 Å². The maximum absolute atomic E-state index is 12.5. The molecular weight excluding hydrogens is 370 g/mol. The van der Waals surface area contributed by atoms with Gasteiger partial charge in [0.15, 0.2) is 9.84 Å². The molecule has 0 unspecified atom stereocenters. The van der Waals surface area contributed by atoms with E-state index in [-0.39, 0.29) is 18.2 Å². The summed E-state index contributed by atoms with van der Waals surface area (Å²) in [5, 5.41) is 4.40. The summed E-state index contributed by atoms with van der Waals surface area (Å²) in [7, 11) is -2.10. The number of amides is 3. The lowest BCUT2D eigenvalue weighted by molar-refractivity contribution is -0.131. The Morgan fingerprint density at radius 2 is 1.70 bits per heavy atom. The van der Waals surface area contributed by atoms with Crippen molar-refractivity contribution in [3.8, 4) is 0 Å². The van der Waals surface area contributed by atoms with Crippen molar-refractivity contribution in [3.63, 3.8) is 0 Å². The van der Waals surface area contributed by atoms with Gasteiger partial charge in [0.25, 0.3) is 0 Å². The van der Waals surface area contributed by atoms with Gasteiger partial charge in [0.2, 0.25) is 17.7 Å². The molecule has 0 radical (unpaired) electrons. The second-order valence-corrected chi connectivity index (χ2v) is 8.90. The van der Waals surface area contributed by atoms with Crippen LogP contribution in [0.3, 0.4) is 0 Å². The van der Waals surface area contributed by atoms with E-state index in [2.05, 4.69) is 10.6 Å². The number of rotatable bonds is 6. The van der Waals surface area contributed by atoms with Gasteiger partial charge in [0, 0.05) is 32.7 Å². The zero-order valence-electron chi connectivity index (χ0n) is 15.5. The van der Waals surface area contributed by atoms with Gasteiger partial charge in [-0.05, 0) is 30.5 Å². The lowest BCUT2D eigenvalue weighted by atomic mass is 10.1. The molecule has 1 heterocycles. The molecule has 1 fully saturated rings. The molecule has 1 aromatic carbocycles. The van der Waals surface area contributed by atoms with Crippen molar-refractivity contribution >= 4 is 33.2 Å². The Morgan fingerprint density at radius 1 is 1.11 bits per heavy atom. The molecule has 9 heteroatoms. The fraction of sp³-hybridized carbons (Fsp3) is 0.500. The van der Waals surface area contributed by atoms with Gasteiger partial charge in [-0.3, -0.25) is 14.4 Å². The first kappa shape index (κ1) is 20.9. The summed E-state index contributed by atoms with van der Waals surface area (Å²) in [5.41, 5.74) is 1.49. The molecule has 1 saturated heterocycles. The topological polar surface area (TPSA) is 113 Å². The van der Waals surface area contributed by atoms with Crippen LogP contribution >= 0.6 is 0 Å². The molecule has 148 valence electrons. The lowest BCUT2D eigenvalue weighted by Gasteiger charge is -2.31. The Bertz CT molecular complexity index is 797. The third-order valence-electron chi connectivity index (χ3n) is 4.54. The van der Waals surface area contributed by atoms with Crippen LogP contribution in [0.1, 0.15) is 25.3 Å². The molecule has 1 aliphatic rings. The maximum Gasteiger partial charge on any atom is 0.234 e. The molecule has 0 bridgehead atoms. The van der Waals surface area contributed by atoms with Gasteiger partial charge in [0.1, 0.15) is 5.75 Å². The average Bonchev–Trinajstić information content (AvgIpc) is 2.62. The quantitative estimate of drug-likeness (QED) is 0.721. The predicted octanol–water partition coefficient (Wildman–Crippen LogP) is 0.339.